The van der Waals surface area contributed by atoms with Crippen LogP contribution in [0.3, 0.4) is 0 Å². The zero-order valence-electron chi connectivity index (χ0n) is 20.4. The van der Waals surface area contributed by atoms with E-state index in [1.807, 2.05) is 29.2 Å². The summed E-state index contributed by atoms with van der Waals surface area (Å²) in [6.45, 7) is 4.06. The van der Waals surface area contributed by atoms with Crippen LogP contribution >= 0.6 is 22.9 Å². The van der Waals surface area contributed by atoms with E-state index in [0.29, 0.717) is 31.1 Å². The minimum atomic E-state index is -0.148. The molecule has 2 aromatic rings. The number of thiophene rings is 1. The molecule has 1 aliphatic heterocycles. The van der Waals surface area contributed by atoms with Gasteiger partial charge in [0.15, 0.2) is 0 Å². The van der Waals surface area contributed by atoms with Gasteiger partial charge in [0.25, 0.3) is 0 Å². The summed E-state index contributed by atoms with van der Waals surface area (Å²) >= 11 is 7.87. The van der Waals surface area contributed by atoms with Gasteiger partial charge in [-0.2, -0.15) is 0 Å². The molecule has 2 amide bonds. The molecule has 0 saturated heterocycles. The van der Waals surface area contributed by atoms with Gasteiger partial charge in [0.1, 0.15) is 0 Å². The van der Waals surface area contributed by atoms with E-state index < -0.39 is 0 Å². The molecule has 5 nitrogen and oxygen atoms in total. The first kappa shape index (κ1) is 26.7. The molecule has 0 fully saturated rings. The number of amides is 2. The molecule has 1 aromatic heterocycles. The minimum Gasteiger partial charge on any atom is -0.385 e. The highest BCUT2D eigenvalue weighted by Gasteiger charge is 2.33. The van der Waals surface area contributed by atoms with Crippen LogP contribution in [0.15, 0.2) is 35.7 Å². The van der Waals surface area contributed by atoms with Crippen LogP contribution in [0.1, 0.15) is 73.9 Å². The van der Waals surface area contributed by atoms with Gasteiger partial charge in [-0.3, -0.25) is 9.59 Å². The monoisotopic (exact) mass is 504 g/mol. The smallest absolute Gasteiger partial charge is 0.242 e. The number of ether oxygens (including phenoxy) is 1. The fraction of sp³-hybridized carbons (Fsp3) is 0.556. The summed E-state index contributed by atoms with van der Waals surface area (Å²) < 4.78 is 5.19. The molecule has 34 heavy (non-hydrogen) atoms. The van der Waals surface area contributed by atoms with Gasteiger partial charge in [0, 0.05) is 43.1 Å². The molecule has 3 rings (SSSR count). The average molecular weight is 505 g/mol. The van der Waals surface area contributed by atoms with Crippen molar-refractivity contribution < 1.29 is 14.3 Å². The minimum absolute atomic E-state index is 0.00597. The zero-order chi connectivity index (χ0) is 24.3. The number of fused-ring (bicyclic) bond motifs is 1. The van der Waals surface area contributed by atoms with Crippen molar-refractivity contribution in [3.05, 3.63) is 56.7 Å². The van der Waals surface area contributed by atoms with Crippen molar-refractivity contribution in [1.82, 2.24) is 9.80 Å². The highest BCUT2D eigenvalue weighted by molar-refractivity contribution is 7.10. The van der Waals surface area contributed by atoms with Crippen LogP contribution in [-0.2, 0) is 20.7 Å². The molecule has 0 saturated carbocycles. The molecule has 1 atom stereocenters. The largest absolute Gasteiger partial charge is 0.385 e. The fourth-order valence-electron chi connectivity index (χ4n) is 4.57. The number of carbonyl (C=O) groups excluding carboxylic acids is 2. The molecule has 1 unspecified atom stereocenters. The lowest BCUT2D eigenvalue weighted by Gasteiger charge is -2.37. The second kappa shape index (κ2) is 13.9. The van der Waals surface area contributed by atoms with Gasteiger partial charge in [-0.05, 0) is 54.0 Å². The number of methoxy groups -OCH3 is 1. The van der Waals surface area contributed by atoms with Crippen LogP contribution in [0, 0.1) is 0 Å². The Hall–Kier alpha value is -1.89. The Morgan fingerprint density at radius 3 is 2.62 bits per heavy atom. The summed E-state index contributed by atoms with van der Waals surface area (Å²) in [4.78, 5) is 31.7. The van der Waals surface area contributed by atoms with Crippen LogP contribution in [0.25, 0.3) is 0 Å². The maximum absolute atomic E-state index is 13.6. The van der Waals surface area contributed by atoms with Crippen molar-refractivity contribution >= 4 is 34.8 Å². The van der Waals surface area contributed by atoms with Crippen molar-refractivity contribution in [2.45, 2.75) is 64.3 Å². The highest BCUT2D eigenvalue weighted by Crippen LogP contribution is 2.38. The Bertz CT molecular complexity index is 915. The maximum atomic E-state index is 13.6. The Kier molecular flexibility index (Phi) is 10.9. The summed E-state index contributed by atoms with van der Waals surface area (Å²) in [5.41, 5.74) is 2.23. The van der Waals surface area contributed by atoms with Crippen LogP contribution in [0.4, 0.5) is 0 Å². The lowest BCUT2D eigenvalue weighted by atomic mass is 9.93. The molecule has 0 radical (unpaired) electrons. The van der Waals surface area contributed by atoms with Crippen molar-refractivity contribution in [2.24, 2.45) is 0 Å². The van der Waals surface area contributed by atoms with Gasteiger partial charge in [0.2, 0.25) is 11.8 Å². The predicted octanol–water partition coefficient (Wildman–Crippen LogP) is 6.10. The van der Waals surface area contributed by atoms with E-state index >= 15 is 0 Å². The molecule has 1 aliphatic rings. The quantitative estimate of drug-likeness (QED) is 0.309. The summed E-state index contributed by atoms with van der Waals surface area (Å²) in [5.74, 6) is 0.0609. The molecule has 186 valence electrons. The molecule has 2 heterocycles. The van der Waals surface area contributed by atoms with Gasteiger partial charge >= 0.3 is 0 Å². The topological polar surface area (TPSA) is 49.9 Å². The van der Waals surface area contributed by atoms with Gasteiger partial charge in [-0.15, -0.1) is 11.3 Å². The number of rotatable bonds is 13. The molecule has 0 N–H and O–H groups in total. The molecule has 0 bridgehead atoms. The van der Waals surface area contributed by atoms with Crippen molar-refractivity contribution in [3.8, 4) is 0 Å². The summed E-state index contributed by atoms with van der Waals surface area (Å²) in [7, 11) is 1.66. The van der Waals surface area contributed by atoms with Gasteiger partial charge < -0.3 is 14.5 Å². The average Bonchev–Trinajstić information content (AvgIpc) is 3.32. The van der Waals surface area contributed by atoms with E-state index in [-0.39, 0.29) is 24.4 Å². The lowest BCUT2D eigenvalue weighted by molar-refractivity contribution is -0.142. The molecule has 0 spiro atoms. The van der Waals surface area contributed by atoms with E-state index in [0.717, 1.165) is 37.7 Å². The van der Waals surface area contributed by atoms with Crippen LogP contribution in [0.5, 0.6) is 0 Å². The Morgan fingerprint density at radius 2 is 1.88 bits per heavy atom. The molecular formula is C27H37ClN2O3S. The van der Waals surface area contributed by atoms with E-state index in [4.69, 9.17) is 16.3 Å². The van der Waals surface area contributed by atoms with E-state index in [1.165, 1.54) is 23.3 Å². The molecule has 7 heteroatoms. The van der Waals surface area contributed by atoms with Crippen molar-refractivity contribution in [1.29, 1.82) is 0 Å². The second-order valence-corrected chi connectivity index (χ2v) is 10.4. The summed E-state index contributed by atoms with van der Waals surface area (Å²) in [6, 6.07) is 9.72. The zero-order valence-corrected chi connectivity index (χ0v) is 22.0. The number of hydrogen-bond acceptors (Lipinski definition) is 4. The molecular weight excluding hydrogens is 468 g/mol. The maximum Gasteiger partial charge on any atom is 0.242 e. The first-order chi connectivity index (χ1) is 16.5. The Morgan fingerprint density at radius 1 is 1.12 bits per heavy atom. The van der Waals surface area contributed by atoms with Gasteiger partial charge in [0.05, 0.1) is 12.6 Å². The van der Waals surface area contributed by atoms with Gasteiger partial charge in [-0.1, -0.05) is 56.3 Å². The summed E-state index contributed by atoms with van der Waals surface area (Å²) in [6.07, 6.45) is 7.55. The Balaban J connectivity index is 1.72. The summed E-state index contributed by atoms with van der Waals surface area (Å²) in [5, 5.41) is 2.78. The van der Waals surface area contributed by atoms with Gasteiger partial charge in [-0.25, -0.2) is 0 Å². The standard InChI is InChI=1S/C27H37ClN2O3S/c1-3-4-5-6-7-9-25(31)29(16-8-18-33-2)20-26(32)30-17-14-24-23(15-19-34-24)27(30)21-10-12-22(28)13-11-21/h10-13,15,19,27H,3-9,14,16-18,20H2,1-2H3. The number of nitrogens with zero attached hydrogens (tertiary/aromatic N) is 2. The normalized spacial score (nSPS) is 15.3. The highest BCUT2D eigenvalue weighted by atomic mass is 35.5. The third kappa shape index (κ3) is 7.30. The number of benzene rings is 1. The van der Waals surface area contributed by atoms with Crippen LogP contribution in [-0.4, -0.2) is 55.0 Å². The first-order valence-electron chi connectivity index (χ1n) is 12.4. The van der Waals surface area contributed by atoms with E-state index in [1.54, 1.807) is 23.3 Å². The predicted molar refractivity (Wildman–Crippen MR) is 139 cm³/mol. The SMILES string of the molecule is CCCCCCCC(=O)N(CCCOC)CC(=O)N1CCc2sccc2C1c1ccc(Cl)cc1. The van der Waals surface area contributed by atoms with E-state index in [2.05, 4.69) is 18.4 Å². The number of unbranched alkanes of at least 4 members (excludes halogenated alkanes) is 4. The third-order valence-electron chi connectivity index (χ3n) is 6.42. The third-order valence-corrected chi connectivity index (χ3v) is 7.67. The van der Waals surface area contributed by atoms with Crippen LogP contribution in [0.2, 0.25) is 5.02 Å². The van der Waals surface area contributed by atoms with Crippen molar-refractivity contribution in [2.75, 3.05) is 33.4 Å². The van der Waals surface area contributed by atoms with E-state index in [9.17, 15) is 9.59 Å². The Labute approximate surface area is 213 Å². The fourth-order valence-corrected chi connectivity index (χ4v) is 5.60. The van der Waals surface area contributed by atoms with Crippen molar-refractivity contribution in [3.63, 3.8) is 0 Å². The molecule has 1 aromatic carbocycles. The van der Waals surface area contributed by atoms with Crippen LogP contribution < -0.4 is 0 Å². The second-order valence-electron chi connectivity index (χ2n) is 8.92. The first-order valence-corrected chi connectivity index (χ1v) is 13.7. The lowest BCUT2D eigenvalue weighted by Crippen LogP contribution is -2.47. The molecule has 0 aliphatic carbocycles. The number of halogens is 1. The number of hydrogen-bond donors (Lipinski definition) is 0. The number of carbonyl (C=O) groups is 2.